The van der Waals surface area contributed by atoms with Crippen LogP contribution in [0.4, 0.5) is 4.79 Å². The summed E-state index contributed by atoms with van der Waals surface area (Å²) in [5.41, 5.74) is 1.80. The number of fused-ring (bicyclic) bond motifs is 1. The van der Waals surface area contributed by atoms with E-state index in [9.17, 15) is 4.79 Å². The van der Waals surface area contributed by atoms with E-state index in [1.165, 1.54) is 5.56 Å². The van der Waals surface area contributed by atoms with Crippen LogP contribution in [-0.2, 0) is 11.2 Å². The Kier molecular flexibility index (Phi) is 3.53. The number of nitrogens with one attached hydrogen (secondary N) is 1. The Balaban J connectivity index is 2.00. The number of carbonyl (C=O) groups excluding carboxylic acids is 1. The summed E-state index contributed by atoms with van der Waals surface area (Å²) in [6.45, 7) is 5.52. The molecular weight excluding hydrogens is 250 g/mol. The Morgan fingerprint density at radius 1 is 1.39 bits per heavy atom. The van der Waals surface area contributed by atoms with Crippen LogP contribution in [0.2, 0.25) is 0 Å². The predicted molar refractivity (Wildman–Crippen MR) is 71.9 cm³/mol. The average molecular weight is 268 g/mol. The first kappa shape index (κ1) is 13.2. The summed E-state index contributed by atoms with van der Waals surface area (Å²) in [4.78, 5) is 11.7. The largest absolute Gasteiger partial charge is 0.444 e. The molecule has 0 aliphatic heterocycles. The third kappa shape index (κ3) is 2.96. The molecule has 2 unspecified atom stereocenters. The molecule has 4 heteroatoms. The Bertz CT molecular complexity index is 453. The van der Waals surface area contributed by atoms with Crippen molar-refractivity contribution in [1.82, 2.24) is 5.32 Å². The van der Waals surface area contributed by atoms with Crippen LogP contribution in [0.25, 0.3) is 0 Å². The smallest absolute Gasteiger partial charge is 0.407 e. The second kappa shape index (κ2) is 4.81. The Hall–Kier alpha value is -1.22. The van der Waals surface area contributed by atoms with Gasteiger partial charge in [0.25, 0.3) is 0 Å². The molecule has 1 amide bonds. The summed E-state index contributed by atoms with van der Waals surface area (Å²) >= 11 is 6.35. The molecule has 0 heterocycles. The van der Waals surface area contributed by atoms with E-state index in [-0.39, 0.29) is 11.4 Å². The van der Waals surface area contributed by atoms with Gasteiger partial charge in [0.15, 0.2) is 0 Å². The maximum atomic E-state index is 11.7. The molecule has 0 radical (unpaired) electrons. The summed E-state index contributed by atoms with van der Waals surface area (Å²) < 4.78 is 5.24. The van der Waals surface area contributed by atoms with E-state index in [1.807, 2.05) is 45.0 Å². The van der Waals surface area contributed by atoms with E-state index in [0.717, 1.165) is 12.0 Å². The highest BCUT2D eigenvalue weighted by molar-refractivity contribution is 6.21. The lowest BCUT2D eigenvalue weighted by atomic mass is 10.1. The van der Waals surface area contributed by atoms with Gasteiger partial charge in [0, 0.05) is 0 Å². The Labute approximate surface area is 112 Å². The van der Waals surface area contributed by atoms with Crippen LogP contribution in [0, 0.1) is 0 Å². The first-order valence-electron chi connectivity index (χ1n) is 6.08. The highest BCUT2D eigenvalue weighted by Crippen LogP contribution is 2.36. The normalized spacial score (nSPS) is 22.4. The lowest BCUT2D eigenvalue weighted by Gasteiger charge is -2.22. The maximum Gasteiger partial charge on any atom is 0.407 e. The summed E-state index contributed by atoms with van der Waals surface area (Å²) in [6, 6.07) is 7.90. The van der Waals surface area contributed by atoms with Crippen molar-refractivity contribution in [2.24, 2.45) is 0 Å². The number of halogens is 1. The number of ether oxygens (including phenoxy) is 1. The molecule has 2 atom stereocenters. The number of hydrogen-bond donors (Lipinski definition) is 1. The maximum absolute atomic E-state index is 11.7. The van der Waals surface area contributed by atoms with Crippen molar-refractivity contribution in [3.63, 3.8) is 0 Å². The summed E-state index contributed by atoms with van der Waals surface area (Å²) in [5.74, 6) is 0. The van der Waals surface area contributed by atoms with E-state index >= 15 is 0 Å². The molecule has 1 N–H and O–H groups in total. The van der Waals surface area contributed by atoms with Crippen molar-refractivity contribution in [3.05, 3.63) is 35.4 Å². The monoisotopic (exact) mass is 267 g/mol. The van der Waals surface area contributed by atoms with Gasteiger partial charge in [-0.15, -0.1) is 11.6 Å². The van der Waals surface area contributed by atoms with Crippen LogP contribution in [0.1, 0.15) is 37.3 Å². The van der Waals surface area contributed by atoms with Gasteiger partial charge < -0.3 is 10.1 Å². The number of carbonyl (C=O) groups is 1. The second-order valence-electron chi connectivity index (χ2n) is 5.56. The molecule has 0 saturated heterocycles. The van der Waals surface area contributed by atoms with Crippen LogP contribution in [0.5, 0.6) is 0 Å². The van der Waals surface area contributed by atoms with Crippen LogP contribution in [0.15, 0.2) is 24.3 Å². The molecule has 0 aromatic heterocycles. The molecule has 18 heavy (non-hydrogen) atoms. The highest BCUT2D eigenvalue weighted by Gasteiger charge is 2.32. The molecule has 1 aliphatic rings. The average Bonchev–Trinajstić information content (AvgIpc) is 2.54. The number of rotatable bonds is 1. The second-order valence-corrected chi connectivity index (χ2v) is 6.03. The third-order valence-corrected chi connectivity index (χ3v) is 3.39. The van der Waals surface area contributed by atoms with Gasteiger partial charge in [-0.3, -0.25) is 0 Å². The number of alkyl halides is 1. The molecular formula is C14H18ClNO2. The van der Waals surface area contributed by atoms with Crippen molar-refractivity contribution >= 4 is 17.7 Å². The lowest BCUT2D eigenvalue weighted by molar-refractivity contribution is 0.0505. The van der Waals surface area contributed by atoms with Crippen LogP contribution in [0.3, 0.4) is 0 Å². The molecule has 0 saturated carbocycles. The number of hydrogen-bond acceptors (Lipinski definition) is 2. The van der Waals surface area contributed by atoms with Gasteiger partial charge in [0.1, 0.15) is 5.60 Å². The van der Waals surface area contributed by atoms with Crippen molar-refractivity contribution in [1.29, 1.82) is 0 Å². The third-order valence-electron chi connectivity index (χ3n) is 2.85. The minimum Gasteiger partial charge on any atom is -0.444 e. The molecule has 3 nitrogen and oxygen atoms in total. The van der Waals surface area contributed by atoms with Crippen LogP contribution in [-0.4, -0.2) is 17.7 Å². The Morgan fingerprint density at radius 2 is 2.06 bits per heavy atom. The molecule has 0 spiro atoms. The molecule has 1 aromatic carbocycles. The molecule has 0 fully saturated rings. The van der Waals surface area contributed by atoms with Gasteiger partial charge in [-0.2, -0.15) is 0 Å². The van der Waals surface area contributed by atoms with Crippen molar-refractivity contribution in [2.45, 2.75) is 44.2 Å². The number of benzene rings is 1. The van der Waals surface area contributed by atoms with Gasteiger partial charge >= 0.3 is 6.09 Å². The minimum atomic E-state index is -0.489. The van der Waals surface area contributed by atoms with Crippen molar-refractivity contribution < 1.29 is 9.53 Å². The first-order chi connectivity index (χ1) is 8.37. The first-order valence-corrected chi connectivity index (χ1v) is 6.52. The summed E-state index contributed by atoms with van der Waals surface area (Å²) in [7, 11) is 0. The highest BCUT2D eigenvalue weighted by atomic mass is 35.5. The van der Waals surface area contributed by atoms with E-state index < -0.39 is 11.7 Å². The zero-order valence-corrected chi connectivity index (χ0v) is 11.6. The van der Waals surface area contributed by atoms with Crippen LogP contribution < -0.4 is 5.32 Å². The minimum absolute atomic E-state index is 0.0982. The summed E-state index contributed by atoms with van der Waals surface area (Å²) in [5, 5.41) is 2.65. The fraction of sp³-hybridized carbons (Fsp3) is 0.500. The molecule has 2 rings (SSSR count). The van der Waals surface area contributed by atoms with Crippen molar-refractivity contribution in [2.75, 3.05) is 0 Å². The molecule has 1 aliphatic carbocycles. The quantitative estimate of drug-likeness (QED) is 0.792. The van der Waals surface area contributed by atoms with E-state index in [0.29, 0.717) is 0 Å². The number of alkyl carbamates (subject to hydrolysis) is 1. The summed E-state index contributed by atoms with van der Waals surface area (Å²) in [6.07, 6.45) is 0.342. The van der Waals surface area contributed by atoms with E-state index in [1.54, 1.807) is 0 Å². The van der Waals surface area contributed by atoms with Crippen LogP contribution >= 0.6 is 11.6 Å². The zero-order chi connectivity index (χ0) is 13.3. The van der Waals surface area contributed by atoms with Gasteiger partial charge in [-0.05, 0) is 38.3 Å². The SMILES string of the molecule is CC(C)(C)OC(=O)NC1Cc2ccccc2C1Cl. The predicted octanol–water partition coefficient (Wildman–Crippen LogP) is 3.42. The fourth-order valence-electron chi connectivity index (χ4n) is 2.13. The van der Waals surface area contributed by atoms with E-state index in [2.05, 4.69) is 5.32 Å². The standard InChI is InChI=1S/C14H18ClNO2/c1-14(2,3)18-13(17)16-11-8-9-6-4-5-7-10(9)12(11)15/h4-7,11-12H,8H2,1-3H3,(H,16,17). The molecule has 98 valence electrons. The fourth-order valence-corrected chi connectivity index (χ4v) is 2.49. The van der Waals surface area contributed by atoms with Crippen molar-refractivity contribution in [3.8, 4) is 0 Å². The Morgan fingerprint density at radius 3 is 2.67 bits per heavy atom. The van der Waals surface area contributed by atoms with Gasteiger partial charge in [0.2, 0.25) is 0 Å². The van der Waals surface area contributed by atoms with Gasteiger partial charge in [-0.1, -0.05) is 24.3 Å². The molecule has 1 aromatic rings. The topological polar surface area (TPSA) is 38.3 Å². The lowest BCUT2D eigenvalue weighted by Crippen LogP contribution is -2.40. The number of amides is 1. The van der Waals surface area contributed by atoms with Gasteiger partial charge in [-0.25, -0.2) is 4.79 Å². The van der Waals surface area contributed by atoms with E-state index in [4.69, 9.17) is 16.3 Å². The zero-order valence-electron chi connectivity index (χ0n) is 10.9. The molecule has 0 bridgehead atoms. The van der Waals surface area contributed by atoms with Gasteiger partial charge in [0.05, 0.1) is 11.4 Å².